The van der Waals surface area contributed by atoms with E-state index >= 15 is 0 Å². The van der Waals surface area contributed by atoms with Crippen LogP contribution in [0, 0.1) is 0 Å². The Hall–Kier alpha value is -2.22. The van der Waals surface area contributed by atoms with Crippen LogP contribution in [-0.2, 0) is 0 Å². The van der Waals surface area contributed by atoms with Crippen molar-refractivity contribution < 1.29 is 4.74 Å². The molecule has 0 radical (unpaired) electrons. The van der Waals surface area contributed by atoms with Crippen LogP contribution in [0.1, 0.15) is 71.1 Å². The molecule has 0 amide bonds. The number of benzene rings is 2. The van der Waals surface area contributed by atoms with E-state index in [1.165, 1.54) is 68.7 Å². The molecule has 0 bridgehead atoms. The summed E-state index contributed by atoms with van der Waals surface area (Å²) in [6, 6.07) is 18.9. The molecular formula is C26H35NO. The van der Waals surface area contributed by atoms with Crippen molar-refractivity contribution in [2.45, 2.75) is 71.1 Å². The van der Waals surface area contributed by atoms with Gasteiger partial charge in [0.05, 0.1) is 6.61 Å². The van der Waals surface area contributed by atoms with Crippen LogP contribution in [0.25, 0.3) is 22.2 Å². The molecule has 1 N–H and O–H groups in total. The van der Waals surface area contributed by atoms with E-state index in [4.69, 9.17) is 4.74 Å². The Balaban J connectivity index is 1.40. The number of nitrogens with one attached hydrogen (secondary N) is 1. The van der Waals surface area contributed by atoms with Gasteiger partial charge in [0.2, 0.25) is 0 Å². The average molecular weight is 378 g/mol. The number of aromatic nitrogens is 1. The van der Waals surface area contributed by atoms with Crippen LogP contribution in [0.15, 0.2) is 54.6 Å². The maximum atomic E-state index is 6.12. The van der Waals surface area contributed by atoms with Gasteiger partial charge >= 0.3 is 0 Å². The molecule has 0 aliphatic carbocycles. The van der Waals surface area contributed by atoms with Crippen molar-refractivity contribution in [3.63, 3.8) is 0 Å². The van der Waals surface area contributed by atoms with Gasteiger partial charge < -0.3 is 9.72 Å². The second-order valence-corrected chi connectivity index (χ2v) is 7.80. The lowest BCUT2D eigenvalue weighted by Gasteiger charge is -2.07. The Morgan fingerprint density at radius 2 is 1.39 bits per heavy atom. The van der Waals surface area contributed by atoms with Gasteiger partial charge in [0, 0.05) is 16.6 Å². The topological polar surface area (TPSA) is 25.0 Å². The molecule has 0 unspecified atom stereocenters. The van der Waals surface area contributed by atoms with Crippen LogP contribution in [0.5, 0.6) is 5.75 Å². The van der Waals surface area contributed by atoms with E-state index in [1.54, 1.807) is 0 Å². The predicted molar refractivity (Wildman–Crippen MR) is 121 cm³/mol. The summed E-state index contributed by atoms with van der Waals surface area (Å²) >= 11 is 0. The highest BCUT2D eigenvalue weighted by Gasteiger charge is 2.07. The largest absolute Gasteiger partial charge is 0.493 e. The van der Waals surface area contributed by atoms with Crippen LogP contribution in [0.2, 0.25) is 0 Å². The fourth-order valence-electron chi connectivity index (χ4n) is 3.80. The van der Waals surface area contributed by atoms with Gasteiger partial charge in [-0.25, -0.2) is 0 Å². The SMILES string of the molecule is CCCCCCCCCCCCOc1cccc2[nH]c(-c3ccccc3)cc12. The van der Waals surface area contributed by atoms with Crippen LogP contribution in [-0.4, -0.2) is 11.6 Å². The first-order chi connectivity index (χ1) is 13.9. The molecule has 0 spiro atoms. The van der Waals surface area contributed by atoms with Crippen molar-refractivity contribution in [3.8, 4) is 17.0 Å². The van der Waals surface area contributed by atoms with E-state index < -0.39 is 0 Å². The molecule has 3 rings (SSSR count). The van der Waals surface area contributed by atoms with Crippen molar-refractivity contribution in [1.29, 1.82) is 0 Å². The minimum atomic E-state index is 0.807. The van der Waals surface area contributed by atoms with E-state index in [1.807, 2.05) is 6.07 Å². The predicted octanol–water partition coefficient (Wildman–Crippen LogP) is 8.13. The molecule has 1 aromatic heterocycles. The molecule has 0 atom stereocenters. The summed E-state index contributed by atoms with van der Waals surface area (Å²) in [6.45, 7) is 3.09. The molecule has 2 aromatic carbocycles. The second kappa shape index (κ2) is 11.6. The normalized spacial score (nSPS) is 11.2. The first-order valence-electron chi connectivity index (χ1n) is 11.2. The summed E-state index contributed by atoms with van der Waals surface area (Å²) in [5.74, 6) is 0.992. The zero-order chi connectivity index (χ0) is 19.4. The van der Waals surface area contributed by atoms with Crippen molar-refractivity contribution in [1.82, 2.24) is 4.98 Å². The van der Waals surface area contributed by atoms with Crippen molar-refractivity contribution in [2.75, 3.05) is 6.61 Å². The number of fused-ring (bicyclic) bond motifs is 1. The van der Waals surface area contributed by atoms with Crippen LogP contribution >= 0.6 is 0 Å². The molecule has 0 fully saturated rings. The average Bonchev–Trinajstić information content (AvgIpc) is 3.18. The van der Waals surface area contributed by atoms with E-state index in [0.29, 0.717) is 0 Å². The highest BCUT2D eigenvalue weighted by molar-refractivity contribution is 5.90. The van der Waals surface area contributed by atoms with Gasteiger partial charge in [0.15, 0.2) is 0 Å². The molecule has 2 heteroatoms. The maximum absolute atomic E-state index is 6.12. The molecule has 0 saturated carbocycles. The Morgan fingerprint density at radius 3 is 2.11 bits per heavy atom. The summed E-state index contributed by atoms with van der Waals surface area (Å²) in [4.78, 5) is 3.52. The maximum Gasteiger partial charge on any atom is 0.128 e. The summed E-state index contributed by atoms with van der Waals surface area (Å²) in [7, 11) is 0. The number of H-pyrrole nitrogens is 1. The van der Waals surface area contributed by atoms with Gasteiger partial charge in [-0.1, -0.05) is 101 Å². The molecular weight excluding hydrogens is 342 g/mol. The Labute approximate surface area is 170 Å². The monoisotopic (exact) mass is 377 g/mol. The summed E-state index contributed by atoms with van der Waals surface area (Å²) < 4.78 is 6.12. The van der Waals surface area contributed by atoms with Gasteiger partial charge in [-0.15, -0.1) is 0 Å². The zero-order valence-electron chi connectivity index (χ0n) is 17.4. The van der Waals surface area contributed by atoms with Gasteiger partial charge in [-0.2, -0.15) is 0 Å². The molecule has 150 valence electrons. The molecule has 1 heterocycles. The van der Waals surface area contributed by atoms with Crippen molar-refractivity contribution >= 4 is 10.9 Å². The quantitative estimate of drug-likeness (QED) is 0.299. The van der Waals surface area contributed by atoms with E-state index in [-0.39, 0.29) is 0 Å². The minimum absolute atomic E-state index is 0.807. The first kappa shape index (κ1) is 20.5. The van der Waals surface area contributed by atoms with Gasteiger partial charge in [0.25, 0.3) is 0 Å². The molecule has 2 nitrogen and oxygen atoms in total. The van der Waals surface area contributed by atoms with Gasteiger partial charge in [-0.05, 0) is 30.2 Å². The highest BCUT2D eigenvalue weighted by atomic mass is 16.5. The molecule has 0 aliphatic rings. The molecule has 0 saturated heterocycles. The second-order valence-electron chi connectivity index (χ2n) is 7.80. The Bertz CT molecular complexity index is 806. The van der Waals surface area contributed by atoms with E-state index in [0.717, 1.165) is 30.0 Å². The van der Waals surface area contributed by atoms with Crippen molar-refractivity contribution in [2.24, 2.45) is 0 Å². The highest BCUT2D eigenvalue weighted by Crippen LogP contribution is 2.30. The number of rotatable bonds is 13. The molecule has 28 heavy (non-hydrogen) atoms. The fraction of sp³-hybridized carbons (Fsp3) is 0.462. The van der Waals surface area contributed by atoms with E-state index in [9.17, 15) is 0 Å². The number of aromatic amines is 1. The minimum Gasteiger partial charge on any atom is -0.493 e. The van der Waals surface area contributed by atoms with Crippen LogP contribution in [0.3, 0.4) is 0 Å². The third-order valence-electron chi connectivity index (χ3n) is 5.46. The number of hydrogen-bond donors (Lipinski definition) is 1. The first-order valence-corrected chi connectivity index (χ1v) is 11.2. The lowest BCUT2D eigenvalue weighted by atomic mass is 10.1. The number of ether oxygens (including phenoxy) is 1. The molecule has 0 aliphatic heterocycles. The van der Waals surface area contributed by atoms with E-state index in [2.05, 4.69) is 60.4 Å². The Morgan fingerprint density at radius 1 is 0.714 bits per heavy atom. The smallest absolute Gasteiger partial charge is 0.128 e. The third-order valence-corrected chi connectivity index (χ3v) is 5.46. The molecule has 3 aromatic rings. The van der Waals surface area contributed by atoms with Crippen LogP contribution in [0.4, 0.5) is 0 Å². The Kier molecular flexibility index (Phi) is 8.49. The number of hydrogen-bond acceptors (Lipinski definition) is 1. The summed E-state index contributed by atoms with van der Waals surface area (Å²) in [6.07, 6.45) is 13.5. The fourth-order valence-corrected chi connectivity index (χ4v) is 3.80. The standard InChI is InChI=1S/C26H35NO/c1-2-3-4-5-6-7-8-9-10-14-20-28-26-19-15-18-24-23(26)21-25(27-24)22-16-12-11-13-17-22/h11-13,15-19,21,27H,2-10,14,20H2,1H3. The van der Waals surface area contributed by atoms with Crippen LogP contribution < -0.4 is 4.74 Å². The zero-order valence-corrected chi connectivity index (χ0v) is 17.4. The lowest BCUT2D eigenvalue weighted by molar-refractivity contribution is 0.307. The third kappa shape index (κ3) is 6.15. The van der Waals surface area contributed by atoms with Crippen molar-refractivity contribution in [3.05, 3.63) is 54.6 Å². The van der Waals surface area contributed by atoms with Gasteiger partial charge in [0.1, 0.15) is 5.75 Å². The number of unbranched alkanes of at least 4 members (excludes halogenated alkanes) is 9. The summed E-state index contributed by atoms with van der Waals surface area (Å²) in [5, 5.41) is 1.17. The summed E-state index contributed by atoms with van der Waals surface area (Å²) in [5.41, 5.74) is 3.49. The lowest BCUT2D eigenvalue weighted by Crippen LogP contribution is -1.97. The van der Waals surface area contributed by atoms with Gasteiger partial charge in [-0.3, -0.25) is 0 Å².